The van der Waals surface area contributed by atoms with Crippen molar-refractivity contribution in [2.75, 3.05) is 14.1 Å². The van der Waals surface area contributed by atoms with E-state index in [2.05, 4.69) is 39.1 Å². The molecule has 35 heavy (non-hydrogen) atoms. The maximum atomic E-state index is 13.6. The van der Waals surface area contributed by atoms with Crippen molar-refractivity contribution < 1.29 is 9.13 Å². The van der Waals surface area contributed by atoms with Crippen molar-refractivity contribution >= 4 is 0 Å². The van der Waals surface area contributed by atoms with Crippen LogP contribution in [0.5, 0.6) is 11.6 Å². The minimum atomic E-state index is -0.287. The van der Waals surface area contributed by atoms with Crippen LogP contribution >= 0.6 is 0 Å². The van der Waals surface area contributed by atoms with E-state index >= 15 is 0 Å². The average molecular weight is 465 g/mol. The normalized spacial score (nSPS) is 11.1. The number of nitrogens with zero attached hydrogens (tertiary/aromatic N) is 3. The van der Waals surface area contributed by atoms with Crippen molar-refractivity contribution in [3.63, 3.8) is 0 Å². The van der Waals surface area contributed by atoms with Crippen LogP contribution in [-0.2, 0) is 6.54 Å². The van der Waals surface area contributed by atoms with Crippen LogP contribution in [-0.4, -0.2) is 33.9 Å². The molecule has 0 amide bonds. The van der Waals surface area contributed by atoms with E-state index in [1.54, 1.807) is 18.3 Å². The zero-order valence-electron chi connectivity index (χ0n) is 19.6. The van der Waals surface area contributed by atoms with Crippen molar-refractivity contribution in [3.05, 3.63) is 109 Å². The molecule has 5 nitrogen and oxygen atoms in total. The monoisotopic (exact) mass is 464 g/mol. The van der Waals surface area contributed by atoms with Crippen molar-refractivity contribution in [1.29, 1.82) is 0 Å². The Labute approximate surface area is 203 Å². The Morgan fingerprint density at radius 1 is 0.829 bits per heavy atom. The van der Waals surface area contributed by atoms with Gasteiger partial charge in [0.15, 0.2) is 0 Å². The number of halogens is 1. The van der Waals surface area contributed by atoms with Gasteiger partial charge in [-0.2, -0.15) is 0 Å². The van der Waals surface area contributed by atoms with Crippen LogP contribution in [0.2, 0.25) is 0 Å². The Morgan fingerprint density at radius 3 is 2.26 bits per heavy atom. The lowest BCUT2D eigenvalue weighted by molar-refractivity contribution is 0.402. The van der Waals surface area contributed by atoms with Crippen molar-refractivity contribution in [1.82, 2.24) is 19.9 Å². The summed E-state index contributed by atoms with van der Waals surface area (Å²) >= 11 is 0. The molecule has 0 fully saturated rings. The largest absolute Gasteiger partial charge is 0.439 e. The lowest BCUT2D eigenvalue weighted by Gasteiger charge is -2.09. The Kier molecular flexibility index (Phi) is 6.37. The highest BCUT2D eigenvalue weighted by molar-refractivity contribution is 5.81. The number of aromatic amines is 1. The molecule has 0 aliphatic rings. The SMILES string of the molecule is CN(C)Cc1ccc(-c2nc(-c3ccc(F)cc3)c(-c3ccnc(Oc4ccccc4)c3)[nH]2)cc1. The minimum Gasteiger partial charge on any atom is -0.439 e. The number of aromatic nitrogens is 3. The van der Waals surface area contributed by atoms with Gasteiger partial charge in [0.05, 0.1) is 11.4 Å². The molecule has 0 aliphatic carbocycles. The zero-order chi connectivity index (χ0) is 24.2. The maximum Gasteiger partial charge on any atom is 0.219 e. The van der Waals surface area contributed by atoms with Gasteiger partial charge in [-0.1, -0.05) is 42.5 Å². The first-order chi connectivity index (χ1) is 17.0. The predicted octanol–water partition coefficient (Wildman–Crippen LogP) is 6.80. The molecular weight excluding hydrogens is 439 g/mol. The van der Waals surface area contributed by atoms with Gasteiger partial charge in [0.1, 0.15) is 17.4 Å². The third-order valence-corrected chi connectivity index (χ3v) is 5.54. The molecule has 2 aromatic heterocycles. The number of imidazole rings is 1. The third-order valence-electron chi connectivity index (χ3n) is 5.54. The molecule has 0 atom stereocenters. The fourth-order valence-electron chi connectivity index (χ4n) is 3.90. The summed E-state index contributed by atoms with van der Waals surface area (Å²) in [6, 6.07) is 28.0. The van der Waals surface area contributed by atoms with Crippen LogP contribution in [0.4, 0.5) is 4.39 Å². The van der Waals surface area contributed by atoms with E-state index in [0.29, 0.717) is 11.6 Å². The fraction of sp³-hybridized carbons (Fsp3) is 0.103. The van der Waals surface area contributed by atoms with Crippen LogP contribution < -0.4 is 4.74 Å². The molecule has 0 saturated heterocycles. The molecule has 5 aromatic rings. The lowest BCUT2D eigenvalue weighted by atomic mass is 10.1. The van der Waals surface area contributed by atoms with Gasteiger partial charge < -0.3 is 14.6 Å². The summed E-state index contributed by atoms with van der Waals surface area (Å²) in [5, 5.41) is 0. The van der Waals surface area contributed by atoms with E-state index in [0.717, 1.165) is 40.4 Å². The highest BCUT2D eigenvalue weighted by Gasteiger charge is 2.17. The highest BCUT2D eigenvalue weighted by Crippen LogP contribution is 2.34. The maximum absolute atomic E-state index is 13.6. The molecular formula is C29H25FN4O. The second-order valence-electron chi connectivity index (χ2n) is 8.55. The van der Waals surface area contributed by atoms with Gasteiger partial charge in [-0.05, 0) is 62.1 Å². The van der Waals surface area contributed by atoms with E-state index in [4.69, 9.17) is 9.72 Å². The molecule has 6 heteroatoms. The van der Waals surface area contributed by atoms with Gasteiger partial charge in [-0.25, -0.2) is 14.4 Å². The summed E-state index contributed by atoms with van der Waals surface area (Å²) in [6.45, 7) is 0.867. The van der Waals surface area contributed by atoms with Gasteiger partial charge in [0.25, 0.3) is 0 Å². The summed E-state index contributed by atoms with van der Waals surface area (Å²) < 4.78 is 19.6. The van der Waals surface area contributed by atoms with Gasteiger partial charge in [-0.3, -0.25) is 0 Å². The fourth-order valence-corrected chi connectivity index (χ4v) is 3.90. The topological polar surface area (TPSA) is 54.0 Å². The Hall–Kier alpha value is -4.29. The molecule has 0 aliphatic heterocycles. The molecule has 0 unspecified atom stereocenters. The summed E-state index contributed by atoms with van der Waals surface area (Å²) in [5.74, 6) is 1.63. The van der Waals surface area contributed by atoms with E-state index in [1.807, 2.05) is 56.6 Å². The smallest absolute Gasteiger partial charge is 0.219 e. The molecule has 2 heterocycles. The Bertz CT molecular complexity index is 1410. The van der Waals surface area contributed by atoms with Crippen LogP contribution in [0.15, 0.2) is 97.2 Å². The van der Waals surface area contributed by atoms with Crippen LogP contribution in [0.3, 0.4) is 0 Å². The molecule has 0 saturated carbocycles. The number of benzene rings is 3. The number of ether oxygens (including phenoxy) is 1. The van der Waals surface area contributed by atoms with Gasteiger partial charge in [0, 0.05) is 35.5 Å². The van der Waals surface area contributed by atoms with Gasteiger partial charge in [-0.15, -0.1) is 0 Å². The van der Waals surface area contributed by atoms with E-state index in [-0.39, 0.29) is 5.82 Å². The van der Waals surface area contributed by atoms with Gasteiger partial charge in [0.2, 0.25) is 5.88 Å². The van der Waals surface area contributed by atoms with Crippen molar-refractivity contribution in [2.45, 2.75) is 6.54 Å². The number of rotatable bonds is 7. The molecule has 0 bridgehead atoms. The van der Waals surface area contributed by atoms with Gasteiger partial charge >= 0.3 is 0 Å². The second-order valence-corrected chi connectivity index (χ2v) is 8.55. The van der Waals surface area contributed by atoms with Crippen molar-refractivity contribution in [3.8, 4) is 45.5 Å². The quantitative estimate of drug-likeness (QED) is 0.288. The Morgan fingerprint density at radius 2 is 1.54 bits per heavy atom. The van der Waals surface area contributed by atoms with E-state index in [9.17, 15) is 4.39 Å². The number of pyridine rings is 1. The third kappa shape index (κ3) is 5.28. The first kappa shape index (κ1) is 22.5. The van der Waals surface area contributed by atoms with Crippen LogP contribution in [0.25, 0.3) is 33.9 Å². The second kappa shape index (κ2) is 9.91. The number of H-pyrrole nitrogens is 1. The molecule has 174 valence electrons. The lowest BCUT2D eigenvalue weighted by Crippen LogP contribution is -2.10. The van der Waals surface area contributed by atoms with E-state index in [1.165, 1.54) is 17.7 Å². The summed E-state index contributed by atoms with van der Waals surface area (Å²) in [6.07, 6.45) is 1.71. The molecule has 3 aromatic carbocycles. The van der Waals surface area contributed by atoms with Crippen molar-refractivity contribution in [2.24, 2.45) is 0 Å². The number of nitrogens with one attached hydrogen (secondary N) is 1. The number of para-hydroxylation sites is 1. The summed E-state index contributed by atoms with van der Waals surface area (Å²) in [5.41, 5.74) is 5.42. The van der Waals surface area contributed by atoms with E-state index < -0.39 is 0 Å². The average Bonchev–Trinajstić information content (AvgIpc) is 3.31. The number of hydrogen-bond donors (Lipinski definition) is 1. The first-order valence-corrected chi connectivity index (χ1v) is 11.3. The Balaban J connectivity index is 1.55. The molecule has 0 spiro atoms. The molecule has 5 rings (SSSR count). The zero-order valence-corrected chi connectivity index (χ0v) is 19.6. The van der Waals surface area contributed by atoms with Crippen LogP contribution in [0, 0.1) is 5.82 Å². The minimum absolute atomic E-state index is 0.287. The number of hydrogen-bond acceptors (Lipinski definition) is 4. The first-order valence-electron chi connectivity index (χ1n) is 11.3. The highest BCUT2D eigenvalue weighted by atomic mass is 19.1. The molecule has 1 N–H and O–H groups in total. The van der Waals surface area contributed by atoms with Crippen LogP contribution in [0.1, 0.15) is 5.56 Å². The predicted molar refractivity (Wildman–Crippen MR) is 137 cm³/mol. The standard InChI is InChI=1S/C29H25FN4O/c1-34(2)19-20-8-10-22(11-9-20)29-32-27(21-12-14-24(30)15-13-21)28(33-29)23-16-17-31-26(18-23)35-25-6-4-3-5-7-25/h3-18H,19H2,1-2H3,(H,32,33). The summed E-state index contributed by atoms with van der Waals surface area (Å²) in [4.78, 5) is 14.9. The molecule has 0 radical (unpaired) electrons. The summed E-state index contributed by atoms with van der Waals surface area (Å²) in [7, 11) is 4.10.